The topological polar surface area (TPSA) is 84.7 Å². The number of H-pyrrole nitrogens is 1. The van der Waals surface area contributed by atoms with Gasteiger partial charge in [-0.2, -0.15) is 0 Å². The zero-order valence-corrected chi connectivity index (χ0v) is 18.1. The van der Waals surface area contributed by atoms with Crippen molar-refractivity contribution in [1.82, 2.24) is 15.0 Å². The summed E-state index contributed by atoms with van der Waals surface area (Å²) in [6.45, 7) is 6.24. The van der Waals surface area contributed by atoms with E-state index in [1.807, 2.05) is 43.3 Å². The number of aromatic amines is 1. The Balaban J connectivity index is 1.78. The van der Waals surface area contributed by atoms with Crippen LogP contribution in [0.15, 0.2) is 54.6 Å². The van der Waals surface area contributed by atoms with Gasteiger partial charge in [0.05, 0.1) is 23.5 Å². The Morgan fingerprint density at radius 3 is 2.57 bits per heavy atom. The van der Waals surface area contributed by atoms with Crippen molar-refractivity contribution in [3.05, 3.63) is 71.0 Å². The van der Waals surface area contributed by atoms with Gasteiger partial charge < -0.3 is 10.7 Å². The van der Waals surface area contributed by atoms with Crippen molar-refractivity contribution in [2.45, 2.75) is 33.1 Å². The molecule has 1 amide bonds. The Hall–Kier alpha value is -3.25. The molecule has 4 aromatic rings. The fraction of sp³-hybridized carbons (Fsp3) is 0.208. The number of benzene rings is 1. The molecule has 0 atom stereocenters. The Kier molecular flexibility index (Phi) is 5.50. The van der Waals surface area contributed by atoms with Gasteiger partial charge in [-0.15, -0.1) is 11.3 Å². The molecule has 0 unspecified atom stereocenters. The van der Waals surface area contributed by atoms with Gasteiger partial charge in [0.25, 0.3) is 0 Å². The molecule has 0 saturated carbocycles. The third-order valence-electron chi connectivity index (χ3n) is 4.84. The minimum absolute atomic E-state index is 0.268. The molecule has 3 N–H and O–H groups in total. The van der Waals surface area contributed by atoms with Crippen molar-refractivity contribution < 1.29 is 4.79 Å². The van der Waals surface area contributed by atoms with Gasteiger partial charge in [-0.25, -0.2) is 4.98 Å². The van der Waals surface area contributed by atoms with Crippen LogP contribution in [-0.4, -0.2) is 20.9 Å². The van der Waals surface area contributed by atoms with Crippen molar-refractivity contribution in [1.29, 1.82) is 0 Å². The lowest BCUT2D eigenvalue weighted by molar-refractivity contribution is -0.117. The van der Waals surface area contributed by atoms with E-state index in [1.165, 1.54) is 0 Å². The smallest absolute Gasteiger partial charge is 0.222 e. The first kappa shape index (κ1) is 20.0. The van der Waals surface area contributed by atoms with Crippen molar-refractivity contribution in [2.24, 2.45) is 5.73 Å². The molecule has 0 spiro atoms. The molecule has 0 radical (unpaired) electrons. The number of carbonyl (C=O) groups excluding carboxylic acids is 1. The second-order valence-corrected chi connectivity index (χ2v) is 8.82. The molecule has 1 aromatic carbocycles. The van der Waals surface area contributed by atoms with Crippen molar-refractivity contribution in [3.63, 3.8) is 0 Å². The zero-order chi connectivity index (χ0) is 21.3. The standard InChI is InChI=1S/C24H24N4OS/c1-14(2)24-27-22(23(28-24)19-9-4-6-15(3)26-19)17-8-5-7-16(12-17)20-11-10-18(30-20)13-21(25)29/h4-12,14H,13H2,1-3H3,(H2,25,29)(H,27,28). The van der Waals surface area contributed by atoms with Crippen LogP contribution in [0.4, 0.5) is 0 Å². The summed E-state index contributed by atoms with van der Waals surface area (Å²) >= 11 is 1.59. The first-order valence-electron chi connectivity index (χ1n) is 9.92. The van der Waals surface area contributed by atoms with Gasteiger partial charge in [-0.3, -0.25) is 9.78 Å². The Bertz CT molecular complexity index is 1210. The van der Waals surface area contributed by atoms with Crippen LogP contribution in [0.3, 0.4) is 0 Å². The van der Waals surface area contributed by atoms with Crippen molar-refractivity contribution in [3.8, 4) is 33.1 Å². The maximum absolute atomic E-state index is 11.2. The lowest BCUT2D eigenvalue weighted by Gasteiger charge is -2.05. The molecule has 5 nitrogen and oxygen atoms in total. The van der Waals surface area contributed by atoms with E-state index in [0.29, 0.717) is 0 Å². The van der Waals surface area contributed by atoms with E-state index in [-0.39, 0.29) is 18.2 Å². The Morgan fingerprint density at radius 1 is 1.07 bits per heavy atom. The predicted molar refractivity (Wildman–Crippen MR) is 122 cm³/mol. The molecule has 0 aliphatic carbocycles. The molecule has 0 fully saturated rings. The van der Waals surface area contributed by atoms with Crippen LogP contribution < -0.4 is 5.73 Å². The molecule has 3 aromatic heterocycles. The van der Waals surface area contributed by atoms with Crippen LogP contribution in [0.25, 0.3) is 33.1 Å². The molecular formula is C24H24N4OS. The summed E-state index contributed by atoms with van der Waals surface area (Å²) in [4.78, 5) is 26.4. The van der Waals surface area contributed by atoms with E-state index >= 15 is 0 Å². The van der Waals surface area contributed by atoms with Gasteiger partial charge in [-0.05, 0) is 42.8 Å². The number of aryl methyl sites for hydroxylation is 1. The Labute approximate surface area is 180 Å². The van der Waals surface area contributed by atoms with Gasteiger partial charge in [0.1, 0.15) is 5.82 Å². The van der Waals surface area contributed by atoms with Crippen LogP contribution >= 0.6 is 11.3 Å². The first-order chi connectivity index (χ1) is 14.4. The molecule has 0 saturated heterocycles. The highest BCUT2D eigenvalue weighted by Crippen LogP contribution is 2.35. The number of nitrogens with one attached hydrogen (secondary N) is 1. The van der Waals surface area contributed by atoms with Gasteiger partial charge in [0.2, 0.25) is 5.91 Å². The van der Waals surface area contributed by atoms with Crippen molar-refractivity contribution >= 4 is 17.2 Å². The van der Waals surface area contributed by atoms with Crippen LogP contribution in [0.5, 0.6) is 0 Å². The molecule has 3 heterocycles. The molecule has 0 aliphatic rings. The van der Waals surface area contributed by atoms with E-state index < -0.39 is 0 Å². The lowest BCUT2D eigenvalue weighted by atomic mass is 10.0. The number of carbonyl (C=O) groups is 1. The fourth-order valence-electron chi connectivity index (χ4n) is 3.36. The fourth-order valence-corrected chi connectivity index (χ4v) is 4.37. The maximum Gasteiger partial charge on any atom is 0.222 e. The molecule has 6 heteroatoms. The van der Waals surface area contributed by atoms with E-state index in [4.69, 9.17) is 15.7 Å². The van der Waals surface area contributed by atoms with Gasteiger partial charge in [-0.1, -0.05) is 38.1 Å². The summed E-state index contributed by atoms with van der Waals surface area (Å²) in [6.07, 6.45) is 0.268. The summed E-state index contributed by atoms with van der Waals surface area (Å²) in [5.41, 5.74) is 11.1. The highest BCUT2D eigenvalue weighted by atomic mass is 32.1. The number of nitrogens with two attached hydrogens (primary N) is 1. The number of primary amides is 1. The maximum atomic E-state index is 11.2. The second kappa shape index (κ2) is 8.24. The highest BCUT2D eigenvalue weighted by molar-refractivity contribution is 7.15. The normalized spacial score (nSPS) is 11.2. The highest BCUT2D eigenvalue weighted by Gasteiger charge is 2.17. The molecule has 152 valence electrons. The molecule has 0 aliphatic heterocycles. The minimum Gasteiger partial charge on any atom is -0.369 e. The largest absolute Gasteiger partial charge is 0.369 e. The number of rotatable bonds is 6. The van der Waals surface area contributed by atoms with Crippen molar-refractivity contribution in [2.75, 3.05) is 0 Å². The van der Waals surface area contributed by atoms with E-state index in [0.717, 1.165) is 49.5 Å². The molecule has 4 rings (SSSR count). The quantitative estimate of drug-likeness (QED) is 0.446. The number of hydrogen-bond donors (Lipinski definition) is 2. The number of amides is 1. The summed E-state index contributed by atoms with van der Waals surface area (Å²) in [5, 5.41) is 0. The summed E-state index contributed by atoms with van der Waals surface area (Å²) in [7, 11) is 0. The number of nitrogens with zero attached hydrogens (tertiary/aromatic N) is 2. The van der Waals surface area contributed by atoms with Crippen LogP contribution in [0.2, 0.25) is 0 Å². The zero-order valence-electron chi connectivity index (χ0n) is 17.3. The molecular weight excluding hydrogens is 392 g/mol. The van der Waals surface area contributed by atoms with Gasteiger partial charge in [0, 0.05) is 26.9 Å². The third-order valence-corrected chi connectivity index (χ3v) is 5.98. The average molecular weight is 417 g/mol. The molecule has 0 bridgehead atoms. The van der Waals surface area contributed by atoms with E-state index in [1.54, 1.807) is 11.3 Å². The lowest BCUT2D eigenvalue weighted by Crippen LogP contribution is -2.12. The third kappa shape index (κ3) is 4.19. The first-order valence-corrected chi connectivity index (χ1v) is 10.7. The predicted octanol–water partition coefficient (Wildman–Crippen LogP) is 5.33. The number of aromatic nitrogens is 3. The second-order valence-electron chi connectivity index (χ2n) is 7.65. The number of imidazole rings is 1. The van der Waals surface area contributed by atoms with E-state index in [2.05, 4.69) is 37.0 Å². The van der Waals surface area contributed by atoms with Crippen LogP contribution in [-0.2, 0) is 11.2 Å². The monoisotopic (exact) mass is 416 g/mol. The average Bonchev–Trinajstić information content (AvgIpc) is 3.35. The number of thiophene rings is 1. The number of hydrogen-bond acceptors (Lipinski definition) is 4. The minimum atomic E-state index is -0.315. The Morgan fingerprint density at radius 2 is 1.83 bits per heavy atom. The SMILES string of the molecule is Cc1cccc(-c2[nH]c(C(C)C)nc2-c2cccc(-c3ccc(CC(N)=O)s3)c2)n1. The van der Waals surface area contributed by atoms with E-state index in [9.17, 15) is 4.79 Å². The molecule has 30 heavy (non-hydrogen) atoms. The van der Waals surface area contributed by atoms with Gasteiger partial charge in [0.15, 0.2) is 0 Å². The summed E-state index contributed by atoms with van der Waals surface area (Å²) in [6, 6.07) is 18.3. The van der Waals surface area contributed by atoms with Crippen LogP contribution in [0, 0.1) is 6.92 Å². The summed E-state index contributed by atoms with van der Waals surface area (Å²) < 4.78 is 0. The number of pyridine rings is 1. The van der Waals surface area contributed by atoms with Gasteiger partial charge >= 0.3 is 0 Å². The van der Waals surface area contributed by atoms with Crippen LogP contribution in [0.1, 0.15) is 36.2 Å². The summed E-state index contributed by atoms with van der Waals surface area (Å²) in [5.74, 6) is 0.901.